The lowest BCUT2D eigenvalue weighted by molar-refractivity contribution is -0.113. The number of rotatable bonds is 7. The van der Waals surface area contributed by atoms with Crippen LogP contribution in [0, 0.1) is 0 Å². The van der Waals surface area contributed by atoms with Crippen LogP contribution in [0.15, 0.2) is 47.9 Å². The summed E-state index contributed by atoms with van der Waals surface area (Å²) in [5, 5.41) is 10.4. The van der Waals surface area contributed by atoms with E-state index in [2.05, 4.69) is 6.58 Å². The number of thioether (sulfide) groups is 1. The molecule has 5 nitrogen and oxygen atoms in total. The van der Waals surface area contributed by atoms with E-state index >= 15 is 0 Å². The van der Waals surface area contributed by atoms with Gasteiger partial charge in [0.25, 0.3) is 5.91 Å². The number of benzene rings is 2. The first-order chi connectivity index (χ1) is 13.8. The maximum absolute atomic E-state index is 12.2. The van der Waals surface area contributed by atoms with Crippen LogP contribution in [-0.2, 0) is 17.8 Å². The first-order valence-electron chi connectivity index (χ1n) is 9.16. The molecular formula is C22H21NO4S2. The van der Waals surface area contributed by atoms with E-state index in [1.54, 1.807) is 12.1 Å². The van der Waals surface area contributed by atoms with Gasteiger partial charge in [0.05, 0.1) is 16.2 Å². The topological polar surface area (TPSA) is 66.8 Å². The first kappa shape index (κ1) is 21.1. The Kier molecular flexibility index (Phi) is 6.39. The summed E-state index contributed by atoms with van der Waals surface area (Å²) in [4.78, 5) is 25.7. The van der Waals surface area contributed by atoms with Gasteiger partial charge in [-0.15, -0.1) is 0 Å². The number of hydrogen-bond donors (Lipinski definition) is 1. The summed E-state index contributed by atoms with van der Waals surface area (Å²) in [7, 11) is 0. The largest absolute Gasteiger partial charge is 0.507 e. The molecule has 0 aromatic heterocycles. The van der Waals surface area contributed by atoms with Crippen molar-refractivity contribution in [3.8, 4) is 11.5 Å². The molecule has 2 aromatic rings. The van der Waals surface area contributed by atoms with E-state index in [1.807, 2.05) is 31.2 Å². The van der Waals surface area contributed by atoms with E-state index in [-0.39, 0.29) is 24.0 Å². The number of phenols is 1. The third-order valence-electron chi connectivity index (χ3n) is 4.54. The molecule has 0 spiro atoms. The molecule has 1 N–H and O–H groups in total. The highest BCUT2D eigenvalue weighted by Gasteiger charge is 2.31. The number of ketones is 1. The van der Waals surface area contributed by atoms with Crippen LogP contribution >= 0.6 is 24.0 Å². The zero-order valence-corrected chi connectivity index (χ0v) is 17.9. The Morgan fingerprint density at radius 1 is 1.24 bits per heavy atom. The Hall–Kier alpha value is -2.64. The fourth-order valence-corrected chi connectivity index (χ4v) is 4.22. The first-order valence-corrected chi connectivity index (χ1v) is 10.4. The Balaban J connectivity index is 1.76. The Labute approximate surface area is 179 Å². The highest BCUT2D eigenvalue weighted by molar-refractivity contribution is 8.27. The minimum absolute atomic E-state index is 0.00835. The Morgan fingerprint density at radius 2 is 1.93 bits per heavy atom. The SMILES string of the molecule is C=C1SC(=S)N(c2ccc(COc3ccc(C(C)=O)c(O)c3CCC)cc2)C1=O. The number of carbonyl (C=O) groups is 2. The predicted octanol–water partition coefficient (Wildman–Crippen LogP) is 5.00. The molecule has 1 amide bonds. The average Bonchev–Trinajstić information content (AvgIpc) is 2.94. The number of anilines is 1. The van der Waals surface area contributed by atoms with Gasteiger partial charge in [-0.1, -0.05) is 56.0 Å². The molecule has 0 atom stereocenters. The number of nitrogens with zero attached hydrogens (tertiary/aromatic N) is 1. The number of hydrogen-bond acceptors (Lipinski definition) is 6. The van der Waals surface area contributed by atoms with Gasteiger partial charge in [-0.25, -0.2) is 0 Å². The monoisotopic (exact) mass is 427 g/mol. The summed E-state index contributed by atoms with van der Waals surface area (Å²) < 4.78 is 6.39. The second kappa shape index (κ2) is 8.80. The number of carbonyl (C=O) groups excluding carboxylic acids is 2. The highest BCUT2D eigenvalue weighted by Crippen LogP contribution is 2.35. The van der Waals surface area contributed by atoms with Crippen molar-refractivity contribution < 1.29 is 19.4 Å². The Morgan fingerprint density at radius 3 is 2.48 bits per heavy atom. The highest BCUT2D eigenvalue weighted by atomic mass is 32.2. The molecule has 150 valence electrons. The Bertz CT molecular complexity index is 999. The summed E-state index contributed by atoms with van der Waals surface area (Å²) in [5.74, 6) is 0.166. The van der Waals surface area contributed by atoms with Crippen molar-refractivity contribution >= 4 is 45.7 Å². The normalized spacial score (nSPS) is 13.9. The van der Waals surface area contributed by atoms with Gasteiger partial charge in [0.2, 0.25) is 0 Å². The molecule has 0 saturated carbocycles. The number of ether oxygens (including phenoxy) is 1. The minimum Gasteiger partial charge on any atom is -0.507 e. The van der Waals surface area contributed by atoms with Gasteiger partial charge in [-0.3, -0.25) is 14.5 Å². The average molecular weight is 428 g/mol. The lowest BCUT2D eigenvalue weighted by Crippen LogP contribution is -2.27. The van der Waals surface area contributed by atoms with Crippen molar-refractivity contribution in [3.63, 3.8) is 0 Å². The van der Waals surface area contributed by atoms with Crippen LogP contribution in [-0.4, -0.2) is 21.1 Å². The molecule has 0 radical (unpaired) electrons. The summed E-state index contributed by atoms with van der Waals surface area (Å²) in [6, 6.07) is 10.6. The minimum atomic E-state index is -0.200. The van der Waals surface area contributed by atoms with E-state index in [0.29, 0.717) is 38.2 Å². The van der Waals surface area contributed by atoms with Gasteiger partial charge in [0, 0.05) is 5.56 Å². The maximum atomic E-state index is 12.2. The van der Waals surface area contributed by atoms with Gasteiger partial charge in [-0.2, -0.15) is 0 Å². The number of Topliss-reactive ketones (excluding diaryl/α,β-unsaturated/α-hetero) is 1. The number of amides is 1. The maximum Gasteiger partial charge on any atom is 0.270 e. The van der Waals surface area contributed by atoms with Gasteiger partial charge in [0.15, 0.2) is 10.1 Å². The fourth-order valence-electron chi connectivity index (χ4n) is 3.06. The molecule has 2 aromatic carbocycles. The van der Waals surface area contributed by atoms with E-state index in [0.717, 1.165) is 12.0 Å². The summed E-state index contributed by atoms with van der Waals surface area (Å²) >= 11 is 6.43. The zero-order chi connectivity index (χ0) is 21.1. The zero-order valence-electron chi connectivity index (χ0n) is 16.2. The fraction of sp³-hybridized carbons (Fsp3) is 0.227. The van der Waals surface area contributed by atoms with E-state index in [1.165, 1.54) is 23.6 Å². The molecule has 1 aliphatic rings. The van der Waals surface area contributed by atoms with Crippen LogP contribution < -0.4 is 9.64 Å². The van der Waals surface area contributed by atoms with Crippen molar-refractivity contribution in [3.05, 3.63) is 64.6 Å². The van der Waals surface area contributed by atoms with Crippen LogP contribution in [0.25, 0.3) is 0 Å². The predicted molar refractivity (Wildman–Crippen MR) is 120 cm³/mol. The number of thiocarbonyl (C=S) groups is 1. The van der Waals surface area contributed by atoms with Crippen molar-refractivity contribution in [1.82, 2.24) is 0 Å². The molecule has 0 bridgehead atoms. The number of phenolic OH excluding ortho intramolecular Hbond substituents is 1. The lowest BCUT2D eigenvalue weighted by Gasteiger charge is -2.16. The second-order valence-corrected chi connectivity index (χ2v) is 8.36. The second-order valence-electron chi connectivity index (χ2n) is 6.63. The van der Waals surface area contributed by atoms with E-state index in [4.69, 9.17) is 17.0 Å². The third-order valence-corrected chi connectivity index (χ3v) is 5.75. The van der Waals surface area contributed by atoms with Gasteiger partial charge >= 0.3 is 0 Å². The van der Waals surface area contributed by atoms with Crippen LogP contribution in [0.3, 0.4) is 0 Å². The molecule has 0 unspecified atom stereocenters. The summed E-state index contributed by atoms with van der Waals surface area (Å²) in [6.45, 7) is 7.43. The van der Waals surface area contributed by atoms with E-state index in [9.17, 15) is 14.7 Å². The van der Waals surface area contributed by atoms with Gasteiger partial charge in [0.1, 0.15) is 18.1 Å². The van der Waals surface area contributed by atoms with Crippen LogP contribution in [0.2, 0.25) is 0 Å². The van der Waals surface area contributed by atoms with Crippen molar-refractivity contribution in [1.29, 1.82) is 0 Å². The molecule has 1 fully saturated rings. The molecular weight excluding hydrogens is 406 g/mol. The molecule has 29 heavy (non-hydrogen) atoms. The standard InChI is InChI=1S/C22H21NO4S2/c1-4-5-18-19(11-10-17(13(2)24)20(18)25)27-12-15-6-8-16(9-7-15)23-21(26)14(3)29-22(23)28/h6-11,25H,3-5,12H2,1-2H3. The lowest BCUT2D eigenvalue weighted by atomic mass is 10.0. The molecule has 3 rings (SSSR count). The summed E-state index contributed by atoms with van der Waals surface area (Å²) in [5.41, 5.74) is 2.52. The molecule has 7 heteroatoms. The van der Waals surface area contributed by atoms with Crippen LogP contribution in [0.4, 0.5) is 5.69 Å². The number of aromatic hydroxyl groups is 1. The molecule has 1 saturated heterocycles. The van der Waals surface area contributed by atoms with Gasteiger partial charge in [-0.05, 0) is 43.2 Å². The van der Waals surface area contributed by atoms with Crippen molar-refractivity contribution in [2.75, 3.05) is 4.90 Å². The van der Waals surface area contributed by atoms with Crippen LogP contribution in [0.1, 0.15) is 41.8 Å². The molecule has 0 aliphatic carbocycles. The quantitative estimate of drug-likeness (QED) is 0.381. The van der Waals surface area contributed by atoms with E-state index < -0.39 is 0 Å². The van der Waals surface area contributed by atoms with Crippen molar-refractivity contribution in [2.24, 2.45) is 0 Å². The smallest absolute Gasteiger partial charge is 0.270 e. The van der Waals surface area contributed by atoms with Crippen molar-refractivity contribution in [2.45, 2.75) is 33.3 Å². The van der Waals surface area contributed by atoms with Gasteiger partial charge < -0.3 is 9.84 Å². The molecule has 1 aliphatic heterocycles. The molecule has 1 heterocycles. The summed E-state index contributed by atoms with van der Waals surface area (Å²) in [6.07, 6.45) is 1.42. The van der Waals surface area contributed by atoms with Crippen LogP contribution in [0.5, 0.6) is 11.5 Å². The third kappa shape index (κ3) is 4.36.